The maximum absolute atomic E-state index is 10.4. The van der Waals surface area contributed by atoms with Gasteiger partial charge in [0.05, 0.1) is 6.10 Å². The molecule has 4 aliphatic rings. The molecular weight excluding hydrogens is 224 g/mol. The fourth-order valence-corrected chi connectivity index (χ4v) is 5.34. The zero-order valence-corrected chi connectivity index (χ0v) is 11.3. The minimum atomic E-state index is -0.0500. The highest BCUT2D eigenvalue weighted by molar-refractivity contribution is 5.02. The number of hydrogen-bond acceptors (Lipinski definition) is 3. The Kier molecular flexibility index (Phi) is 2.90. The molecule has 4 rings (SSSR count). The number of fused-ring (bicyclic) bond motifs is 6. The van der Waals surface area contributed by atoms with E-state index in [4.69, 9.17) is 0 Å². The molecule has 0 saturated carbocycles. The van der Waals surface area contributed by atoms with E-state index < -0.39 is 0 Å². The molecule has 4 saturated heterocycles. The molecule has 0 aromatic rings. The van der Waals surface area contributed by atoms with Crippen LogP contribution in [0.1, 0.15) is 38.5 Å². The Labute approximate surface area is 110 Å². The summed E-state index contributed by atoms with van der Waals surface area (Å²) in [6.45, 7) is 5.08. The van der Waals surface area contributed by atoms with Crippen LogP contribution in [-0.2, 0) is 0 Å². The van der Waals surface area contributed by atoms with E-state index in [1.54, 1.807) is 0 Å². The SMILES string of the molecule is O[C@H]1CCCN2C[C@@H]3C[C@H](CN4CCCC[C@@H]34)[C@@H]12. The predicted molar refractivity (Wildman–Crippen MR) is 71.4 cm³/mol. The second-order valence-electron chi connectivity index (χ2n) is 7.01. The summed E-state index contributed by atoms with van der Waals surface area (Å²) in [6.07, 6.45) is 7.84. The van der Waals surface area contributed by atoms with Crippen LogP contribution in [0, 0.1) is 11.8 Å². The molecule has 18 heavy (non-hydrogen) atoms. The minimum absolute atomic E-state index is 0.0500. The van der Waals surface area contributed by atoms with Crippen LogP contribution in [0.25, 0.3) is 0 Å². The third kappa shape index (κ3) is 1.75. The zero-order chi connectivity index (χ0) is 12.1. The number of piperidine rings is 4. The molecule has 2 bridgehead atoms. The van der Waals surface area contributed by atoms with Gasteiger partial charge in [-0.2, -0.15) is 0 Å². The summed E-state index contributed by atoms with van der Waals surface area (Å²) in [5.41, 5.74) is 0. The summed E-state index contributed by atoms with van der Waals surface area (Å²) in [6, 6.07) is 1.35. The molecule has 1 N–H and O–H groups in total. The molecule has 0 spiro atoms. The normalized spacial score (nSPS) is 49.5. The molecular formula is C15H26N2O. The van der Waals surface area contributed by atoms with Crippen molar-refractivity contribution in [3.63, 3.8) is 0 Å². The van der Waals surface area contributed by atoms with Gasteiger partial charge in [0.2, 0.25) is 0 Å². The van der Waals surface area contributed by atoms with Crippen LogP contribution < -0.4 is 0 Å². The van der Waals surface area contributed by atoms with Gasteiger partial charge in [-0.1, -0.05) is 6.42 Å². The van der Waals surface area contributed by atoms with Gasteiger partial charge >= 0.3 is 0 Å². The van der Waals surface area contributed by atoms with E-state index in [9.17, 15) is 5.11 Å². The molecule has 0 unspecified atom stereocenters. The summed E-state index contributed by atoms with van der Waals surface area (Å²) < 4.78 is 0. The van der Waals surface area contributed by atoms with Crippen LogP contribution in [-0.4, -0.2) is 59.3 Å². The molecule has 102 valence electrons. The van der Waals surface area contributed by atoms with Crippen LogP contribution in [0.4, 0.5) is 0 Å². The molecule has 0 aliphatic carbocycles. The van der Waals surface area contributed by atoms with E-state index >= 15 is 0 Å². The Bertz CT molecular complexity index is 322. The molecule has 4 aliphatic heterocycles. The molecule has 0 radical (unpaired) electrons. The van der Waals surface area contributed by atoms with Crippen LogP contribution in [0.2, 0.25) is 0 Å². The predicted octanol–water partition coefficient (Wildman–Crippen LogP) is 1.32. The maximum Gasteiger partial charge on any atom is 0.0699 e. The Morgan fingerprint density at radius 1 is 0.833 bits per heavy atom. The topological polar surface area (TPSA) is 26.7 Å². The van der Waals surface area contributed by atoms with Gasteiger partial charge in [-0.3, -0.25) is 9.80 Å². The first kappa shape index (κ1) is 11.7. The molecule has 4 heterocycles. The van der Waals surface area contributed by atoms with Gasteiger partial charge < -0.3 is 5.11 Å². The Morgan fingerprint density at radius 2 is 1.67 bits per heavy atom. The van der Waals surface area contributed by atoms with Gasteiger partial charge in [-0.25, -0.2) is 0 Å². The van der Waals surface area contributed by atoms with Crippen molar-refractivity contribution >= 4 is 0 Å². The summed E-state index contributed by atoms with van der Waals surface area (Å²) in [5.74, 6) is 1.64. The number of nitrogens with zero attached hydrogens (tertiary/aromatic N) is 2. The van der Waals surface area contributed by atoms with Crippen LogP contribution in [0.3, 0.4) is 0 Å². The lowest BCUT2D eigenvalue weighted by Crippen LogP contribution is -2.66. The number of aliphatic hydroxyl groups is 1. The van der Waals surface area contributed by atoms with Gasteiger partial charge in [-0.05, 0) is 57.0 Å². The molecule has 0 aromatic heterocycles. The van der Waals surface area contributed by atoms with Crippen molar-refractivity contribution in [2.24, 2.45) is 11.8 Å². The quantitative estimate of drug-likeness (QED) is 0.702. The van der Waals surface area contributed by atoms with E-state index in [0.717, 1.165) is 24.3 Å². The van der Waals surface area contributed by atoms with Crippen molar-refractivity contribution in [3.05, 3.63) is 0 Å². The van der Waals surface area contributed by atoms with Gasteiger partial charge in [0.15, 0.2) is 0 Å². The number of hydrogen-bond donors (Lipinski definition) is 1. The van der Waals surface area contributed by atoms with E-state index in [2.05, 4.69) is 9.80 Å². The monoisotopic (exact) mass is 250 g/mol. The van der Waals surface area contributed by atoms with Gasteiger partial charge in [-0.15, -0.1) is 0 Å². The molecule has 4 fully saturated rings. The summed E-state index contributed by atoms with van der Waals surface area (Å²) in [5, 5.41) is 10.4. The van der Waals surface area contributed by atoms with E-state index in [-0.39, 0.29) is 6.10 Å². The lowest BCUT2D eigenvalue weighted by molar-refractivity contribution is -0.111. The largest absolute Gasteiger partial charge is 0.391 e. The fraction of sp³-hybridized carbons (Fsp3) is 1.00. The van der Waals surface area contributed by atoms with Crippen molar-refractivity contribution in [2.45, 2.75) is 56.7 Å². The van der Waals surface area contributed by atoms with Crippen LogP contribution >= 0.6 is 0 Å². The second-order valence-corrected chi connectivity index (χ2v) is 7.01. The number of rotatable bonds is 0. The van der Waals surface area contributed by atoms with Gasteiger partial charge in [0.25, 0.3) is 0 Å². The zero-order valence-electron chi connectivity index (χ0n) is 11.3. The second kappa shape index (κ2) is 4.46. The fourth-order valence-electron chi connectivity index (χ4n) is 5.34. The Morgan fingerprint density at radius 3 is 2.61 bits per heavy atom. The highest BCUT2D eigenvalue weighted by Crippen LogP contribution is 2.42. The molecule has 3 heteroatoms. The Hall–Kier alpha value is -0.120. The molecule has 5 atom stereocenters. The third-order valence-corrected chi connectivity index (χ3v) is 6.00. The standard InChI is InChI=1S/C15H26N2O/c18-14-5-3-7-17-9-11-8-12(15(14)17)10-16-6-2-1-4-13(11)16/h11-15,18H,1-10H2/t11-,12+,13-,14-,15-/m0/s1. The molecule has 0 aromatic carbocycles. The molecule has 3 nitrogen and oxygen atoms in total. The van der Waals surface area contributed by atoms with E-state index in [1.807, 2.05) is 0 Å². The number of aliphatic hydroxyl groups excluding tert-OH is 1. The lowest BCUT2D eigenvalue weighted by atomic mass is 9.70. The first-order chi connectivity index (χ1) is 8.83. The molecule has 0 amide bonds. The minimum Gasteiger partial charge on any atom is -0.391 e. The third-order valence-electron chi connectivity index (χ3n) is 6.00. The van der Waals surface area contributed by atoms with Crippen LogP contribution in [0.5, 0.6) is 0 Å². The summed E-state index contributed by atoms with van der Waals surface area (Å²) >= 11 is 0. The van der Waals surface area contributed by atoms with E-state index in [1.165, 1.54) is 58.3 Å². The van der Waals surface area contributed by atoms with Gasteiger partial charge in [0.1, 0.15) is 0 Å². The van der Waals surface area contributed by atoms with E-state index in [0.29, 0.717) is 6.04 Å². The first-order valence-corrected chi connectivity index (χ1v) is 7.99. The maximum atomic E-state index is 10.4. The lowest BCUT2D eigenvalue weighted by Gasteiger charge is -2.58. The highest BCUT2D eigenvalue weighted by Gasteiger charge is 2.48. The van der Waals surface area contributed by atoms with Crippen molar-refractivity contribution in [2.75, 3.05) is 26.2 Å². The van der Waals surface area contributed by atoms with Crippen LogP contribution in [0.15, 0.2) is 0 Å². The van der Waals surface area contributed by atoms with Crippen molar-refractivity contribution in [1.82, 2.24) is 9.80 Å². The Balaban J connectivity index is 1.58. The average molecular weight is 250 g/mol. The summed E-state index contributed by atoms with van der Waals surface area (Å²) in [4.78, 5) is 5.40. The van der Waals surface area contributed by atoms with Gasteiger partial charge in [0, 0.05) is 25.2 Å². The smallest absolute Gasteiger partial charge is 0.0699 e. The average Bonchev–Trinajstić information content (AvgIpc) is 2.39. The first-order valence-electron chi connectivity index (χ1n) is 7.99. The van der Waals surface area contributed by atoms with Crippen molar-refractivity contribution in [1.29, 1.82) is 0 Å². The highest BCUT2D eigenvalue weighted by atomic mass is 16.3. The summed E-state index contributed by atoms with van der Waals surface area (Å²) in [7, 11) is 0. The van der Waals surface area contributed by atoms with Crippen molar-refractivity contribution in [3.8, 4) is 0 Å². The van der Waals surface area contributed by atoms with Crippen molar-refractivity contribution < 1.29 is 5.11 Å².